The van der Waals surface area contributed by atoms with Crippen LogP contribution in [0.5, 0.6) is 11.5 Å². The van der Waals surface area contributed by atoms with Gasteiger partial charge in [0.25, 0.3) is 0 Å². The van der Waals surface area contributed by atoms with E-state index in [1.54, 1.807) is 56.3 Å². The third kappa shape index (κ3) is 20.0. The molecule has 2 aliphatic heterocycles. The predicted octanol–water partition coefficient (Wildman–Crippen LogP) is 8.24. The van der Waals surface area contributed by atoms with Crippen LogP contribution in [0.4, 0.5) is 13.6 Å². The lowest BCUT2D eigenvalue weighted by Gasteiger charge is -2.38. The molecule has 0 aromatic heterocycles. The van der Waals surface area contributed by atoms with E-state index < -0.39 is 32.1 Å². The van der Waals surface area contributed by atoms with Crippen LogP contribution in [-0.2, 0) is 56.4 Å². The van der Waals surface area contributed by atoms with Gasteiger partial charge >= 0.3 is 6.03 Å². The zero-order valence-electron chi connectivity index (χ0n) is 50.5. The molecule has 486 valence electrons. The molecule has 2 heterocycles. The van der Waals surface area contributed by atoms with Crippen molar-refractivity contribution in [2.75, 3.05) is 104 Å². The van der Waals surface area contributed by atoms with Gasteiger partial charge in [0.2, 0.25) is 10.0 Å². The summed E-state index contributed by atoms with van der Waals surface area (Å²) in [6.45, 7) is 9.52. The number of unbranched alkanes of at least 4 members (excludes halogenated alkanes) is 2. The van der Waals surface area contributed by atoms with Crippen molar-refractivity contribution in [3.63, 3.8) is 0 Å². The number of sulfonamides is 1. The Kier molecular flexibility index (Phi) is 26.5. The summed E-state index contributed by atoms with van der Waals surface area (Å²) in [5.41, 5.74) is 16.4. The number of fused-ring (bicyclic) bond motifs is 2. The molecule has 2 aliphatic carbocycles. The Balaban J connectivity index is 0.591. The number of nitrogens with two attached hydrogens (primary N) is 2. The number of carbonyl (C=O) groups excluding carboxylic acids is 2. The number of hydrogen-bond donors (Lipinski definition) is 5. The molecule has 7 N–H and O–H groups in total. The van der Waals surface area contributed by atoms with Crippen LogP contribution in [0.25, 0.3) is 0 Å². The normalized spacial score (nSPS) is 20.6. The van der Waals surface area contributed by atoms with Gasteiger partial charge in [0.05, 0.1) is 67.3 Å². The lowest BCUT2D eigenvalue weighted by molar-refractivity contribution is -0.119. The first kappa shape index (κ1) is 69.3. The minimum atomic E-state index is -3.86. The number of nitrogens with zero attached hydrogens (tertiary/aromatic N) is 2. The summed E-state index contributed by atoms with van der Waals surface area (Å²) in [6.07, 6.45) is 7.59. The summed E-state index contributed by atoms with van der Waals surface area (Å²) >= 11 is 12.6. The van der Waals surface area contributed by atoms with E-state index in [-0.39, 0.29) is 121 Å². The van der Waals surface area contributed by atoms with Crippen molar-refractivity contribution in [2.24, 2.45) is 11.5 Å². The highest BCUT2D eigenvalue weighted by Gasteiger charge is 2.43. The molecule has 4 aromatic carbocycles. The molecule has 2 amide bonds. The molecule has 0 spiro atoms. The molecule has 4 aromatic rings. The fraction of sp³-hybridized carbons (Fsp3) is 0.587. The molecule has 0 radical (unpaired) electrons. The van der Waals surface area contributed by atoms with E-state index in [0.717, 1.165) is 58.0 Å². The molecule has 6 atom stereocenters. The zero-order chi connectivity index (χ0) is 62.8. The van der Waals surface area contributed by atoms with Crippen LogP contribution in [0.3, 0.4) is 0 Å². The minimum absolute atomic E-state index is 0.0230. The van der Waals surface area contributed by atoms with Gasteiger partial charge in [0, 0.05) is 92.0 Å². The average Bonchev–Trinajstić information content (AvgIpc) is 2.55. The Bertz CT molecular complexity index is 3000. The number of benzene rings is 4. The van der Waals surface area contributed by atoms with Gasteiger partial charge in [-0.05, 0) is 174 Å². The van der Waals surface area contributed by atoms with Gasteiger partial charge in [-0.25, -0.2) is 35.1 Å². The number of ketones is 1. The second-order valence-corrected chi connectivity index (χ2v) is 28.1. The third-order valence-corrected chi connectivity index (χ3v) is 20.3. The molecule has 25 heteroatoms. The first-order valence-corrected chi connectivity index (χ1v) is 34.7. The quantitative estimate of drug-likeness (QED) is 0.0272. The molecule has 0 saturated carbocycles. The van der Waals surface area contributed by atoms with Crippen LogP contribution in [0.15, 0.2) is 70.5 Å². The number of likely N-dealkylation sites (tertiary alicyclic amines) is 2. The molecular weight excluding hydrogens is 1220 g/mol. The van der Waals surface area contributed by atoms with Crippen LogP contribution < -0.4 is 36.3 Å². The number of urea groups is 1. The molecule has 2 saturated heterocycles. The maximum absolute atomic E-state index is 15.1. The van der Waals surface area contributed by atoms with Crippen molar-refractivity contribution in [3.05, 3.63) is 116 Å². The minimum Gasteiger partial charge on any atom is -0.484 e. The number of sulfone groups is 1. The summed E-state index contributed by atoms with van der Waals surface area (Å²) in [6, 6.07) is 15.1. The number of piperidine rings is 2. The van der Waals surface area contributed by atoms with Gasteiger partial charge in [0.15, 0.2) is 9.84 Å². The second kappa shape index (κ2) is 33.6. The fourth-order valence-corrected chi connectivity index (χ4v) is 14.9. The van der Waals surface area contributed by atoms with Crippen molar-refractivity contribution in [3.8, 4) is 11.5 Å². The van der Waals surface area contributed by atoms with Gasteiger partial charge in [-0.3, -0.25) is 14.6 Å². The van der Waals surface area contributed by atoms with E-state index in [1.807, 2.05) is 0 Å². The van der Waals surface area contributed by atoms with Crippen LogP contribution in [0.2, 0.25) is 10.0 Å². The number of hydrogen-bond acceptors (Lipinski definition) is 16. The van der Waals surface area contributed by atoms with E-state index in [9.17, 15) is 26.4 Å². The summed E-state index contributed by atoms with van der Waals surface area (Å²) in [7, 11) is -7.47. The van der Waals surface area contributed by atoms with Crippen LogP contribution in [-0.4, -0.2) is 167 Å². The Morgan fingerprint density at radius 1 is 0.591 bits per heavy atom. The predicted molar refractivity (Wildman–Crippen MR) is 334 cm³/mol. The van der Waals surface area contributed by atoms with Crippen molar-refractivity contribution < 1.29 is 63.6 Å². The van der Waals surface area contributed by atoms with Crippen LogP contribution >= 0.6 is 23.2 Å². The van der Waals surface area contributed by atoms with Crippen LogP contribution in [0, 0.1) is 25.5 Å². The van der Waals surface area contributed by atoms with Gasteiger partial charge < -0.3 is 50.5 Å². The summed E-state index contributed by atoms with van der Waals surface area (Å²) < 4.78 is 121. The smallest absolute Gasteiger partial charge is 0.314 e. The number of rotatable bonds is 35. The van der Waals surface area contributed by atoms with E-state index in [4.69, 9.17) is 63.1 Å². The highest BCUT2D eigenvalue weighted by atomic mass is 35.5. The number of nitrogens with one attached hydrogen (secondary N) is 3. The SMILES string of the molecule is Cc1cc(S(=O)(=O)CCCOCCOCCNC(=O)NCCCCCC(=O)CCCOCCOCCNS(=O)(=O)c2ccc(O[C@H]3c4cc(Cl)cc(F)c4C[C@@H]3N3CCC[C@@H](N)C3)c(C)c2)ccc1O[C@H]1c2cc(Cl)cc(F)c2C[C@@H]1N1CCC[C@@H](N)C1. The van der Waals surface area contributed by atoms with E-state index in [1.165, 1.54) is 18.2 Å². The maximum atomic E-state index is 15.1. The molecule has 4 aliphatic rings. The molecule has 88 heavy (non-hydrogen) atoms. The molecule has 2 fully saturated rings. The van der Waals surface area contributed by atoms with E-state index in [2.05, 4.69) is 25.2 Å². The van der Waals surface area contributed by atoms with E-state index >= 15 is 8.78 Å². The van der Waals surface area contributed by atoms with Gasteiger partial charge in [-0.1, -0.05) is 29.6 Å². The second-order valence-electron chi connectivity index (χ2n) is 23.3. The Morgan fingerprint density at radius 2 is 1.08 bits per heavy atom. The Morgan fingerprint density at radius 3 is 1.62 bits per heavy atom. The monoisotopic (exact) mass is 1310 g/mol. The fourth-order valence-electron chi connectivity index (χ4n) is 12.0. The topological polar surface area (TPSA) is 252 Å². The first-order chi connectivity index (χ1) is 42.3. The van der Waals surface area contributed by atoms with E-state index in [0.29, 0.717) is 121 Å². The number of ether oxygens (including phenoxy) is 6. The highest BCUT2D eigenvalue weighted by molar-refractivity contribution is 7.91. The van der Waals surface area contributed by atoms with Crippen molar-refractivity contribution in [2.45, 2.75) is 143 Å². The largest absolute Gasteiger partial charge is 0.484 e. The van der Waals surface area contributed by atoms with Gasteiger partial charge in [-0.2, -0.15) is 0 Å². The van der Waals surface area contributed by atoms with Gasteiger partial charge in [0.1, 0.15) is 41.1 Å². The van der Waals surface area contributed by atoms with Crippen molar-refractivity contribution in [1.29, 1.82) is 0 Å². The number of aryl methyl sites for hydroxylation is 2. The lowest BCUT2D eigenvalue weighted by atomic mass is 10.0. The zero-order valence-corrected chi connectivity index (χ0v) is 53.7. The first-order valence-electron chi connectivity index (χ1n) is 30.8. The summed E-state index contributed by atoms with van der Waals surface area (Å²) in [5.74, 6) is 0.317. The maximum Gasteiger partial charge on any atom is 0.314 e. The number of halogens is 4. The molecular formula is C63H87Cl2F2N7O12S2. The standard InChI is InChI=1S/C63H87Cl2F2N7O12S2/c1-42-32-49(14-16-59(42)85-61-53-34-44(64)36-55(66)51(53)38-57(61)73-21-6-10-46(68)40-73)87(77,78)31-9-24-82-28-29-83-25-19-71-63(76)70-18-5-3-4-12-48(75)13-8-23-81-27-30-84-26-20-72-88(79,80)50-15-17-60(43(2)33-50)86-62-54-35-45(65)37-56(67)52(54)39-58(62)74-22-7-11-47(69)41-74/h14-17,32-37,46-47,57-58,61-62,72H,3-13,18-31,38-41,68-69H2,1-2H3,(H2,70,71,76)/t46-,47-,57+,58+,61+,62+/m1/s1. The van der Waals surface area contributed by atoms with Crippen LogP contribution in [0.1, 0.15) is 116 Å². The molecule has 0 unspecified atom stereocenters. The Labute approximate surface area is 527 Å². The van der Waals surface area contributed by atoms with Crippen molar-refractivity contribution in [1.82, 2.24) is 25.2 Å². The third-order valence-electron chi connectivity index (χ3n) is 16.6. The summed E-state index contributed by atoms with van der Waals surface area (Å²) in [5, 5.41) is 6.12. The number of amides is 2. The number of Topliss-reactive ketones (excluding diaryl/α,β-unsaturated/α-hetero) is 1. The molecule has 8 rings (SSSR count). The summed E-state index contributed by atoms with van der Waals surface area (Å²) in [4.78, 5) is 29.4. The Hall–Kier alpha value is -4.60. The van der Waals surface area contributed by atoms with Gasteiger partial charge in [-0.15, -0.1) is 0 Å². The highest BCUT2D eigenvalue weighted by Crippen LogP contribution is 2.44. The number of carbonyl (C=O) groups is 2. The lowest BCUT2D eigenvalue weighted by Crippen LogP contribution is -2.49. The average molecular weight is 1310 g/mol. The van der Waals surface area contributed by atoms with Crippen molar-refractivity contribution >= 4 is 54.9 Å². The molecule has 0 bridgehead atoms. The molecule has 19 nitrogen and oxygen atoms in total.